The highest BCUT2D eigenvalue weighted by atomic mass is 16.7. The van der Waals surface area contributed by atoms with Crippen LogP contribution in [-0.4, -0.2) is 55.2 Å². The van der Waals surface area contributed by atoms with Crippen LogP contribution in [0.1, 0.15) is 37.2 Å². The first-order valence-electron chi connectivity index (χ1n) is 8.69. The van der Waals surface area contributed by atoms with E-state index in [0.717, 1.165) is 63.4 Å². The molecule has 0 atom stereocenters. The molecule has 0 saturated carbocycles. The number of benzene rings is 1. The largest absolute Gasteiger partial charge is 0.454 e. The van der Waals surface area contributed by atoms with E-state index in [0.29, 0.717) is 25.2 Å². The van der Waals surface area contributed by atoms with Crippen LogP contribution in [0, 0.1) is 0 Å². The van der Waals surface area contributed by atoms with Crippen molar-refractivity contribution in [3.05, 3.63) is 23.8 Å². The molecule has 1 amide bonds. The van der Waals surface area contributed by atoms with Crippen molar-refractivity contribution in [2.24, 2.45) is 0 Å². The third-order valence-corrected chi connectivity index (χ3v) is 5.27. The molecule has 0 aliphatic carbocycles. The van der Waals surface area contributed by atoms with Crippen LogP contribution in [0.5, 0.6) is 11.5 Å². The van der Waals surface area contributed by atoms with Crippen molar-refractivity contribution in [2.75, 3.05) is 39.5 Å². The van der Waals surface area contributed by atoms with Gasteiger partial charge in [-0.05, 0) is 62.4 Å². The lowest BCUT2D eigenvalue weighted by atomic mass is 9.89. The van der Waals surface area contributed by atoms with Gasteiger partial charge in [-0.2, -0.15) is 0 Å². The first-order chi connectivity index (χ1) is 11.3. The van der Waals surface area contributed by atoms with E-state index in [1.807, 2.05) is 11.0 Å². The Morgan fingerprint density at radius 2 is 1.78 bits per heavy atom. The third kappa shape index (κ3) is 3.15. The lowest BCUT2D eigenvalue weighted by molar-refractivity contribution is -0.131. The molecule has 124 valence electrons. The molecule has 1 aromatic rings. The zero-order valence-electron chi connectivity index (χ0n) is 13.5. The predicted octanol–water partition coefficient (Wildman–Crippen LogP) is 2.22. The van der Waals surface area contributed by atoms with Gasteiger partial charge in [0.1, 0.15) is 0 Å². The lowest BCUT2D eigenvalue weighted by Crippen LogP contribution is -2.42. The number of carbonyl (C=O) groups excluding carboxylic acids is 1. The monoisotopic (exact) mass is 316 g/mol. The van der Waals surface area contributed by atoms with Gasteiger partial charge in [0.05, 0.1) is 6.54 Å². The van der Waals surface area contributed by atoms with Crippen molar-refractivity contribution < 1.29 is 14.3 Å². The van der Waals surface area contributed by atoms with Crippen LogP contribution < -0.4 is 9.47 Å². The maximum atomic E-state index is 12.2. The zero-order valence-corrected chi connectivity index (χ0v) is 13.5. The topological polar surface area (TPSA) is 42.0 Å². The molecule has 3 aliphatic rings. The summed E-state index contributed by atoms with van der Waals surface area (Å²) in [4.78, 5) is 16.6. The summed E-state index contributed by atoms with van der Waals surface area (Å²) >= 11 is 0. The molecule has 3 heterocycles. The average molecular weight is 316 g/mol. The molecule has 2 fully saturated rings. The SMILES string of the molecule is O=C(CN1CCC(c2ccc3c(c2)OCO3)CC1)N1CCCC1. The number of hydrogen-bond donors (Lipinski definition) is 0. The Morgan fingerprint density at radius 3 is 2.57 bits per heavy atom. The summed E-state index contributed by atoms with van der Waals surface area (Å²) < 4.78 is 10.9. The van der Waals surface area contributed by atoms with Crippen molar-refractivity contribution in [3.8, 4) is 11.5 Å². The first kappa shape index (κ1) is 14.8. The van der Waals surface area contributed by atoms with Crippen molar-refractivity contribution in [1.82, 2.24) is 9.80 Å². The Hall–Kier alpha value is -1.75. The van der Waals surface area contributed by atoms with E-state index >= 15 is 0 Å². The molecule has 2 saturated heterocycles. The van der Waals surface area contributed by atoms with Crippen LogP contribution in [0.25, 0.3) is 0 Å². The van der Waals surface area contributed by atoms with Crippen molar-refractivity contribution in [2.45, 2.75) is 31.6 Å². The van der Waals surface area contributed by atoms with E-state index in [-0.39, 0.29) is 0 Å². The zero-order chi connectivity index (χ0) is 15.6. The van der Waals surface area contributed by atoms with Gasteiger partial charge in [-0.25, -0.2) is 0 Å². The highest BCUT2D eigenvalue weighted by Gasteiger charge is 2.26. The second kappa shape index (κ2) is 6.40. The van der Waals surface area contributed by atoms with Crippen LogP contribution in [0.15, 0.2) is 18.2 Å². The highest BCUT2D eigenvalue weighted by Crippen LogP contribution is 2.37. The molecule has 5 heteroatoms. The fourth-order valence-corrected chi connectivity index (χ4v) is 3.85. The summed E-state index contributed by atoms with van der Waals surface area (Å²) in [6, 6.07) is 6.29. The summed E-state index contributed by atoms with van der Waals surface area (Å²) in [5.74, 6) is 2.59. The summed E-state index contributed by atoms with van der Waals surface area (Å²) in [5.41, 5.74) is 1.33. The molecule has 3 aliphatic heterocycles. The van der Waals surface area contributed by atoms with E-state index in [9.17, 15) is 4.79 Å². The Labute approximate surface area is 137 Å². The lowest BCUT2D eigenvalue weighted by Gasteiger charge is -2.32. The minimum atomic E-state index is 0.309. The van der Waals surface area contributed by atoms with Crippen molar-refractivity contribution in [3.63, 3.8) is 0 Å². The summed E-state index contributed by atoms with van der Waals surface area (Å²) in [6.45, 7) is 4.82. The quantitative estimate of drug-likeness (QED) is 0.857. The van der Waals surface area contributed by atoms with E-state index in [2.05, 4.69) is 17.0 Å². The number of carbonyl (C=O) groups is 1. The number of rotatable bonds is 3. The molecule has 23 heavy (non-hydrogen) atoms. The summed E-state index contributed by atoms with van der Waals surface area (Å²) in [7, 11) is 0. The van der Waals surface area contributed by atoms with Crippen molar-refractivity contribution in [1.29, 1.82) is 0 Å². The molecule has 4 rings (SSSR count). The van der Waals surface area contributed by atoms with Gasteiger partial charge >= 0.3 is 0 Å². The Kier molecular flexibility index (Phi) is 4.12. The van der Waals surface area contributed by atoms with Crippen molar-refractivity contribution >= 4 is 5.91 Å². The second-order valence-electron chi connectivity index (χ2n) is 6.75. The molecule has 0 radical (unpaired) electrons. The minimum Gasteiger partial charge on any atom is -0.454 e. The van der Waals surface area contributed by atoms with E-state index in [1.165, 1.54) is 5.56 Å². The second-order valence-corrected chi connectivity index (χ2v) is 6.75. The normalized spacial score (nSPS) is 21.8. The smallest absolute Gasteiger partial charge is 0.236 e. The number of hydrogen-bond acceptors (Lipinski definition) is 4. The van der Waals surface area contributed by atoms with Gasteiger partial charge in [-0.15, -0.1) is 0 Å². The average Bonchev–Trinajstić information content (AvgIpc) is 3.26. The molecular formula is C18H24N2O3. The molecule has 0 spiro atoms. The number of likely N-dealkylation sites (tertiary alicyclic amines) is 2. The van der Waals surface area contributed by atoms with Gasteiger partial charge < -0.3 is 14.4 Å². The molecule has 1 aromatic carbocycles. The number of ether oxygens (including phenoxy) is 2. The minimum absolute atomic E-state index is 0.309. The fraction of sp³-hybridized carbons (Fsp3) is 0.611. The van der Waals surface area contributed by atoms with E-state index < -0.39 is 0 Å². The number of piperidine rings is 1. The van der Waals surface area contributed by atoms with Gasteiger partial charge in [0.25, 0.3) is 0 Å². The molecule has 0 unspecified atom stereocenters. The third-order valence-electron chi connectivity index (χ3n) is 5.27. The van der Waals surface area contributed by atoms with Crippen LogP contribution >= 0.6 is 0 Å². The first-order valence-corrected chi connectivity index (χ1v) is 8.69. The Morgan fingerprint density at radius 1 is 1.04 bits per heavy atom. The van der Waals surface area contributed by atoms with Crippen LogP contribution in [0.4, 0.5) is 0 Å². The van der Waals surface area contributed by atoms with Gasteiger partial charge in [0, 0.05) is 13.1 Å². The van der Waals surface area contributed by atoms with Gasteiger partial charge in [0.15, 0.2) is 11.5 Å². The van der Waals surface area contributed by atoms with E-state index in [4.69, 9.17) is 9.47 Å². The summed E-state index contributed by atoms with van der Waals surface area (Å²) in [5, 5.41) is 0. The van der Waals surface area contributed by atoms with Crippen LogP contribution in [0.3, 0.4) is 0 Å². The maximum Gasteiger partial charge on any atom is 0.236 e. The Bertz CT molecular complexity index is 576. The molecule has 0 bridgehead atoms. The van der Waals surface area contributed by atoms with Crippen LogP contribution in [0.2, 0.25) is 0 Å². The molecular weight excluding hydrogens is 292 g/mol. The number of amides is 1. The van der Waals surface area contributed by atoms with Gasteiger partial charge in [-0.1, -0.05) is 6.07 Å². The predicted molar refractivity (Wildman–Crippen MR) is 86.8 cm³/mol. The maximum absolute atomic E-state index is 12.2. The highest BCUT2D eigenvalue weighted by molar-refractivity contribution is 5.78. The summed E-state index contributed by atoms with van der Waals surface area (Å²) in [6.07, 6.45) is 4.54. The fourth-order valence-electron chi connectivity index (χ4n) is 3.85. The standard InChI is InChI=1S/C18H24N2O3/c21-18(20-7-1-2-8-20)12-19-9-5-14(6-10-19)15-3-4-16-17(11-15)23-13-22-16/h3-4,11,14H,1-2,5-10,12-13H2. The molecule has 5 nitrogen and oxygen atoms in total. The number of nitrogens with zero attached hydrogens (tertiary/aromatic N) is 2. The van der Waals surface area contributed by atoms with Gasteiger partial charge in [0.2, 0.25) is 12.7 Å². The molecule has 0 N–H and O–H groups in total. The number of fused-ring (bicyclic) bond motifs is 1. The van der Waals surface area contributed by atoms with Gasteiger partial charge in [-0.3, -0.25) is 9.69 Å². The Balaban J connectivity index is 1.31. The van der Waals surface area contributed by atoms with E-state index in [1.54, 1.807) is 0 Å². The van der Waals surface area contributed by atoms with Crippen LogP contribution in [-0.2, 0) is 4.79 Å². The molecule has 0 aromatic heterocycles.